The fraction of sp³-hybridized carbons (Fsp3) is 0.350. The molecular weight excluding hydrogens is 413 g/mol. The summed E-state index contributed by atoms with van der Waals surface area (Å²) in [4.78, 5) is 17.8. The molecule has 160 valence electrons. The average Bonchev–Trinajstić information content (AvgIpc) is 3.37. The summed E-state index contributed by atoms with van der Waals surface area (Å²) in [5, 5.41) is 4.65. The monoisotopic (exact) mass is 436 g/mol. The zero-order valence-corrected chi connectivity index (χ0v) is 17.5. The lowest BCUT2D eigenvalue weighted by Gasteiger charge is -2.21. The lowest BCUT2D eigenvalue weighted by Crippen LogP contribution is -2.38. The van der Waals surface area contributed by atoms with Crippen LogP contribution in [0.4, 0.5) is 13.2 Å². The van der Waals surface area contributed by atoms with Crippen molar-refractivity contribution in [2.75, 3.05) is 20.1 Å². The van der Waals surface area contributed by atoms with Gasteiger partial charge in [-0.2, -0.15) is 13.2 Å². The summed E-state index contributed by atoms with van der Waals surface area (Å²) in [6, 6.07) is 9.92. The Morgan fingerprint density at radius 2 is 2.03 bits per heavy atom. The molecule has 30 heavy (non-hydrogen) atoms. The third kappa shape index (κ3) is 5.82. The van der Waals surface area contributed by atoms with E-state index in [4.69, 9.17) is 0 Å². The van der Waals surface area contributed by atoms with Crippen LogP contribution in [0.3, 0.4) is 0 Å². The number of thiazole rings is 1. The first kappa shape index (κ1) is 21.8. The van der Waals surface area contributed by atoms with Crippen LogP contribution >= 0.6 is 11.3 Å². The number of halogens is 3. The van der Waals surface area contributed by atoms with Crippen LogP contribution in [-0.2, 0) is 19.1 Å². The minimum Gasteiger partial charge on any atom is -0.357 e. The maximum absolute atomic E-state index is 12.7. The van der Waals surface area contributed by atoms with E-state index in [0.29, 0.717) is 37.0 Å². The predicted octanol–water partition coefficient (Wildman–Crippen LogP) is 4.19. The number of aromatic amines is 1. The van der Waals surface area contributed by atoms with E-state index in [1.54, 1.807) is 6.20 Å². The molecule has 0 saturated heterocycles. The van der Waals surface area contributed by atoms with Gasteiger partial charge in [0.15, 0.2) is 11.7 Å². The number of nitrogens with zero attached hydrogens (tertiary/aromatic N) is 4. The van der Waals surface area contributed by atoms with E-state index in [1.807, 2.05) is 49.2 Å². The number of guanidine groups is 1. The molecule has 10 heteroatoms. The van der Waals surface area contributed by atoms with Crippen LogP contribution in [0.1, 0.15) is 23.4 Å². The highest BCUT2D eigenvalue weighted by Crippen LogP contribution is 2.30. The van der Waals surface area contributed by atoms with Gasteiger partial charge in [0.1, 0.15) is 5.82 Å². The van der Waals surface area contributed by atoms with Crippen molar-refractivity contribution in [2.24, 2.45) is 4.99 Å². The Bertz CT molecular complexity index is 964. The van der Waals surface area contributed by atoms with E-state index >= 15 is 0 Å². The van der Waals surface area contributed by atoms with Gasteiger partial charge in [0.25, 0.3) is 0 Å². The standard InChI is InChI=1S/C20H23F3N6S/c1-3-24-19(25-10-9-18-28-16(13-30-18)20(21,22)23)29(2)12-17-26-11-15(27-17)14-7-5-4-6-8-14/h4-8,11,13H,3,9-10,12H2,1-2H3,(H,24,25)(H,26,27). The molecule has 2 aromatic heterocycles. The Hall–Kier alpha value is -2.88. The fourth-order valence-electron chi connectivity index (χ4n) is 2.79. The largest absolute Gasteiger partial charge is 0.434 e. The van der Waals surface area contributed by atoms with Gasteiger partial charge in [-0.25, -0.2) is 9.97 Å². The Morgan fingerprint density at radius 3 is 2.70 bits per heavy atom. The first-order valence-electron chi connectivity index (χ1n) is 9.47. The Morgan fingerprint density at radius 1 is 1.27 bits per heavy atom. The zero-order valence-electron chi connectivity index (χ0n) is 16.7. The van der Waals surface area contributed by atoms with Crippen molar-refractivity contribution in [3.63, 3.8) is 0 Å². The Balaban J connectivity index is 1.61. The second-order valence-electron chi connectivity index (χ2n) is 6.58. The third-order valence-corrected chi connectivity index (χ3v) is 5.13. The number of benzene rings is 1. The number of imidazole rings is 1. The summed E-state index contributed by atoms with van der Waals surface area (Å²) in [5.74, 6) is 1.44. The molecule has 3 rings (SSSR count). The number of hydrogen-bond donors (Lipinski definition) is 2. The van der Waals surface area contributed by atoms with Crippen LogP contribution in [0, 0.1) is 0 Å². The predicted molar refractivity (Wildman–Crippen MR) is 112 cm³/mol. The van der Waals surface area contributed by atoms with Crippen molar-refractivity contribution in [2.45, 2.75) is 26.1 Å². The molecule has 0 bridgehead atoms. The molecule has 0 aliphatic carbocycles. The highest BCUT2D eigenvalue weighted by atomic mass is 32.1. The van der Waals surface area contributed by atoms with Gasteiger partial charge < -0.3 is 15.2 Å². The van der Waals surface area contributed by atoms with E-state index in [1.165, 1.54) is 0 Å². The van der Waals surface area contributed by atoms with Gasteiger partial charge in [-0.3, -0.25) is 4.99 Å². The maximum atomic E-state index is 12.7. The van der Waals surface area contributed by atoms with Gasteiger partial charge in [0.2, 0.25) is 0 Å². The first-order chi connectivity index (χ1) is 14.4. The fourth-order valence-corrected chi connectivity index (χ4v) is 3.58. The molecule has 0 saturated carbocycles. The van der Waals surface area contributed by atoms with Crippen molar-refractivity contribution in [1.29, 1.82) is 0 Å². The SMILES string of the molecule is CCNC(=NCCc1nc(C(F)(F)F)cs1)N(C)Cc1ncc(-c2ccccc2)[nH]1. The summed E-state index contributed by atoms with van der Waals surface area (Å²) >= 11 is 1.00. The van der Waals surface area contributed by atoms with Crippen LogP contribution in [0.15, 0.2) is 46.9 Å². The molecule has 2 heterocycles. The Labute approximate surface area is 176 Å². The number of aromatic nitrogens is 3. The van der Waals surface area contributed by atoms with Gasteiger partial charge in [-0.05, 0) is 12.5 Å². The van der Waals surface area contributed by atoms with Gasteiger partial charge in [0.05, 0.1) is 23.4 Å². The Kier molecular flexibility index (Phi) is 7.09. The average molecular weight is 437 g/mol. The molecule has 0 spiro atoms. The van der Waals surface area contributed by atoms with Crippen molar-refractivity contribution < 1.29 is 13.2 Å². The quantitative estimate of drug-likeness (QED) is 0.430. The van der Waals surface area contributed by atoms with E-state index in [-0.39, 0.29) is 0 Å². The highest BCUT2D eigenvalue weighted by molar-refractivity contribution is 7.09. The summed E-state index contributed by atoms with van der Waals surface area (Å²) in [6.07, 6.45) is -2.26. The van der Waals surface area contributed by atoms with Crippen LogP contribution in [0.2, 0.25) is 0 Å². The van der Waals surface area contributed by atoms with E-state index in [2.05, 4.69) is 25.3 Å². The molecule has 6 nitrogen and oxygen atoms in total. The van der Waals surface area contributed by atoms with Gasteiger partial charge >= 0.3 is 6.18 Å². The number of H-pyrrole nitrogens is 1. The summed E-state index contributed by atoms with van der Waals surface area (Å²) in [6.45, 7) is 3.48. The number of rotatable bonds is 7. The van der Waals surface area contributed by atoms with Crippen molar-refractivity contribution in [3.05, 3.63) is 58.4 Å². The van der Waals surface area contributed by atoms with Crippen molar-refractivity contribution >= 4 is 17.3 Å². The molecule has 0 atom stereocenters. The lowest BCUT2D eigenvalue weighted by molar-refractivity contribution is -0.140. The molecule has 0 radical (unpaired) electrons. The van der Waals surface area contributed by atoms with Crippen LogP contribution in [-0.4, -0.2) is 45.9 Å². The third-order valence-electron chi connectivity index (χ3n) is 4.23. The second-order valence-corrected chi connectivity index (χ2v) is 7.52. The maximum Gasteiger partial charge on any atom is 0.434 e. The topological polar surface area (TPSA) is 69.2 Å². The van der Waals surface area contributed by atoms with E-state index in [9.17, 15) is 13.2 Å². The molecule has 3 aromatic rings. The first-order valence-corrected chi connectivity index (χ1v) is 10.3. The number of alkyl halides is 3. The van der Waals surface area contributed by atoms with Crippen molar-refractivity contribution in [3.8, 4) is 11.3 Å². The molecule has 1 aromatic carbocycles. The summed E-state index contributed by atoms with van der Waals surface area (Å²) in [5.41, 5.74) is 1.15. The van der Waals surface area contributed by atoms with E-state index in [0.717, 1.165) is 33.8 Å². The normalized spacial score (nSPS) is 12.2. The van der Waals surface area contributed by atoms with Gasteiger partial charge in [-0.1, -0.05) is 30.3 Å². The lowest BCUT2D eigenvalue weighted by atomic mass is 10.2. The summed E-state index contributed by atoms with van der Waals surface area (Å²) < 4.78 is 38.0. The van der Waals surface area contributed by atoms with Crippen LogP contribution in [0.25, 0.3) is 11.3 Å². The van der Waals surface area contributed by atoms with Gasteiger partial charge in [-0.15, -0.1) is 11.3 Å². The van der Waals surface area contributed by atoms with Crippen LogP contribution in [0.5, 0.6) is 0 Å². The molecule has 2 N–H and O–H groups in total. The molecule has 0 unspecified atom stereocenters. The molecule has 0 amide bonds. The molecule has 0 aliphatic rings. The summed E-state index contributed by atoms with van der Waals surface area (Å²) in [7, 11) is 1.89. The number of hydrogen-bond acceptors (Lipinski definition) is 4. The molecule has 0 fully saturated rings. The number of nitrogens with one attached hydrogen (secondary N) is 2. The van der Waals surface area contributed by atoms with Crippen molar-refractivity contribution in [1.82, 2.24) is 25.2 Å². The molecule has 0 aliphatic heterocycles. The highest BCUT2D eigenvalue weighted by Gasteiger charge is 2.33. The smallest absolute Gasteiger partial charge is 0.357 e. The van der Waals surface area contributed by atoms with Gasteiger partial charge in [0, 0.05) is 31.9 Å². The zero-order chi connectivity index (χ0) is 21.6. The minimum atomic E-state index is -4.41. The molecular formula is C20H23F3N6S. The number of aliphatic imine (C=N–C) groups is 1. The second kappa shape index (κ2) is 9.75. The van der Waals surface area contributed by atoms with E-state index < -0.39 is 11.9 Å². The minimum absolute atomic E-state index is 0.338. The van der Waals surface area contributed by atoms with Crippen LogP contribution < -0.4 is 5.32 Å².